The van der Waals surface area contributed by atoms with Gasteiger partial charge in [-0.05, 0) is 48.7 Å². The van der Waals surface area contributed by atoms with Crippen molar-refractivity contribution in [1.29, 1.82) is 0 Å². The van der Waals surface area contributed by atoms with Crippen LogP contribution in [-0.2, 0) is 16.5 Å². The van der Waals surface area contributed by atoms with Crippen LogP contribution in [-0.4, -0.2) is 13.0 Å². The zero-order chi connectivity index (χ0) is 18.8. The molecule has 0 aliphatic heterocycles. The van der Waals surface area contributed by atoms with Crippen molar-refractivity contribution in [2.24, 2.45) is 0 Å². The maximum absolute atomic E-state index is 11.3. The Bertz CT molecular complexity index is 776. The number of ether oxygens (including phenoxy) is 1. The minimum absolute atomic E-state index is 0. The van der Waals surface area contributed by atoms with Crippen LogP contribution in [0, 0.1) is 0 Å². The topological polar surface area (TPSA) is 66.4 Å². The molecule has 0 radical (unpaired) electrons. The Morgan fingerprint density at radius 3 is 2.15 bits per heavy atom. The standard InChI is InChI=1S/C21H28O4S.Na/c1-2-3-4-5-6-7-9-12-18-17-20(26(22,23)24)15-16-21(18)25-19-13-10-8-11-14-19;/h8,10-11,13-17H,2-7,9,12H2,1H3,(H,22,23,24);/q;+1/p-1. The number of rotatable bonds is 11. The fraction of sp³-hybridized carbons (Fsp3) is 0.429. The Morgan fingerprint density at radius 1 is 0.889 bits per heavy atom. The van der Waals surface area contributed by atoms with E-state index in [1.54, 1.807) is 6.07 Å². The molecule has 0 saturated heterocycles. The number of hydrogen-bond donors (Lipinski definition) is 0. The smallest absolute Gasteiger partial charge is 0.744 e. The number of para-hydroxylation sites is 1. The van der Waals surface area contributed by atoms with E-state index in [0.717, 1.165) is 18.4 Å². The van der Waals surface area contributed by atoms with Gasteiger partial charge in [-0.3, -0.25) is 0 Å². The summed E-state index contributed by atoms with van der Waals surface area (Å²) in [6, 6.07) is 13.7. The Hall–Kier alpha value is -0.850. The minimum Gasteiger partial charge on any atom is -0.744 e. The Kier molecular flexibility index (Phi) is 11.3. The van der Waals surface area contributed by atoms with Crippen LogP contribution in [0.3, 0.4) is 0 Å². The first-order valence-electron chi connectivity index (χ1n) is 9.32. The summed E-state index contributed by atoms with van der Waals surface area (Å²) in [6.07, 6.45) is 8.91. The van der Waals surface area contributed by atoms with Crippen molar-refractivity contribution in [1.82, 2.24) is 0 Å². The third-order valence-electron chi connectivity index (χ3n) is 4.34. The van der Waals surface area contributed by atoms with Crippen LogP contribution in [0.15, 0.2) is 53.4 Å². The van der Waals surface area contributed by atoms with Gasteiger partial charge in [-0.25, -0.2) is 8.42 Å². The molecule has 0 aromatic heterocycles. The predicted molar refractivity (Wildman–Crippen MR) is 103 cm³/mol. The summed E-state index contributed by atoms with van der Waals surface area (Å²) in [5.41, 5.74) is 0.763. The van der Waals surface area contributed by atoms with Gasteiger partial charge in [-0.1, -0.05) is 63.6 Å². The van der Waals surface area contributed by atoms with Gasteiger partial charge >= 0.3 is 29.6 Å². The van der Waals surface area contributed by atoms with Crippen LogP contribution in [0.2, 0.25) is 0 Å². The van der Waals surface area contributed by atoms with Gasteiger partial charge in [0.2, 0.25) is 0 Å². The van der Waals surface area contributed by atoms with Crippen LogP contribution in [0.1, 0.15) is 57.4 Å². The molecule has 2 rings (SSSR count). The molecule has 0 fully saturated rings. The molecule has 27 heavy (non-hydrogen) atoms. The van der Waals surface area contributed by atoms with Gasteiger partial charge in [0, 0.05) is 0 Å². The molecule has 0 atom stereocenters. The average Bonchev–Trinajstić information content (AvgIpc) is 2.62. The van der Waals surface area contributed by atoms with Gasteiger partial charge in [-0.2, -0.15) is 0 Å². The van der Waals surface area contributed by atoms with Gasteiger partial charge in [-0.15, -0.1) is 0 Å². The van der Waals surface area contributed by atoms with Crippen molar-refractivity contribution in [3.63, 3.8) is 0 Å². The molecule has 0 amide bonds. The molecule has 2 aromatic rings. The van der Waals surface area contributed by atoms with Gasteiger partial charge in [0.1, 0.15) is 21.6 Å². The second kappa shape index (κ2) is 12.6. The molecule has 0 unspecified atom stereocenters. The molecule has 0 bridgehead atoms. The summed E-state index contributed by atoms with van der Waals surface area (Å²) in [5.74, 6) is 1.29. The molecule has 0 N–H and O–H groups in total. The molecular formula is C21H27NaO4S. The van der Waals surface area contributed by atoms with Crippen LogP contribution in [0.5, 0.6) is 11.5 Å². The summed E-state index contributed by atoms with van der Waals surface area (Å²) in [4.78, 5) is -0.198. The molecule has 0 heterocycles. The Labute approximate surface area is 185 Å². The number of benzene rings is 2. The first-order valence-corrected chi connectivity index (χ1v) is 10.7. The molecule has 0 aliphatic carbocycles. The normalized spacial score (nSPS) is 11.0. The molecule has 0 saturated carbocycles. The van der Waals surface area contributed by atoms with Gasteiger partial charge in [0.15, 0.2) is 0 Å². The van der Waals surface area contributed by atoms with E-state index in [2.05, 4.69) is 6.92 Å². The Balaban J connectivity index is 0.00000364. The van der Waals surface area contributed by atoms with Gasteiger partial charge in [0.05, 0.1) is 4.90 Å². The maximum Gasteiger partial charge on any atom is 1.00 e. The van der Waals surface area contributed by atoms with E-state index in [9.17, 15) is 13.0 Å². The van der Waals surface area contributed by atoms with Crippen molar-refractivity contribution in [2.45, 2.75) is 63.2 Å². The van der Waals surface area contributed by atoms with E-state index < -0.39 is 10.1 Å². The van der Waals surface area contributed by atoms with Crippen molar-refractivity contribution in [3.05, 3.63) is 54.1 Å². The second-order valence-corrected chi connectivity index (χ2v) is 7.89. The number of hydrogen-bond acceptors (Lipinski definition) is 4. The molecule has 6 heteroatoms. The predicted octanol–water partition coefficient (Wildman–Crippen LogP) is 2.68. The van der Waals surface area contributed by atoms with Crippen LogP contribution in [0.4, 0.5) is 0 Å². The molecule has 0 aliphatic rings. The van der Waals surface area contributed by atoms with E-state index >= 15 is 0 Å². The largest absolute Gasteiger partial charge is 1.00 e. The molecule has 0 spiro atoms. The molecular weight excluding hydrogens is 371 g/mol. The number of aryl methyl sites for hydroxylation is 1. The summed E-state index contributed by atoms with van der Waals surface area (Å²) in [5, 5.41) is 0. The quantitative estimate of drug-likeness (QED) is 0.332. The first kappa shape index (κ1) is 24.2. The monoisotopic (exact) mass is 398 g/mol. The summed E-state index contributed by atoms with van der Waals surface area (Å²) >= 11 is 0. The fourth-order valence-electron chi connectivity index (χ4n) is 2.89. The maximum atomic E-state index is 11.3. The molecule has 142 valence electrons. The fourth-order valence-corrected chi connectivity index (χ4v) is 3.42. The van der Waals surface area contributed by atoms with E-state index in [1.807, 2.05) is 30.3 Å². The van der Waals surface area contributed by atoms with Crippen LogP contribution >= 0.6 is 0 Å². The van der Waals surface area contributed by atoms with Crippen molar-refractivity contribution in [2.75, 3.05) is 0 Å². The molecule has 2 aromatic carbocycles. The number of unbranched alkanes of at least 4 members (excludes halogenated alkanes) is 6. The van der Waals surface area contributed by atoms with E-state index in [-0.39, 0.29) is 34.5 Å². The summed E-state index contributed by atoms with van der Waals surface area (Å²) < 4.78 is 39.9. The van der Waals surface area contributed by atoms with Crippen molar-refractivity contribution in [3.8, 4) is 11.5 Å². The summed E-state index contributed by atoms with van der Waals surface area (Å²) in [7, 11) is -4.47. The Morgan fingerprint density at radius 2 is 1.52 bits per heavy atom. The SMILES string of the molecule is CCCCCCCCCc1cc(S(=O)(=O)[O-])ccc1Oc1ccccc1.[Na+]. The minimum atomic E-state index is -4.47. The zero-order valence-electron chi connectivity index (χ0n) is 16.3. The second-order valence-electron chi connectivity index (χ2n) is 6.51. The van der Waals surface area contributed by atoms with E-state index in [4.69, 9.17) is 4.74 Å². The molecule has 4 nitrogen and oxygen atoms in total. The average molecular weight is 399 g/mol. The third kappa shape index (κ3) is 8.79. The zero-order valence-corrected chi connectivity index (χ0v) is 19.1. The first-order chi connectivity index (χ1) is 12.5. The van der Waals surface area contributed by atoms with Gasteiger partial charge < -0.3 is 9.29 Å². The van der Waals surface area contributed by atoms with Crippen molar-refractivity contribution < 1.29 is 47.3 Å². The van der Waals surface area contributed by atoms with E-state index in [0.29, 0.717) is 17.9 Å². The summed E-state index contributed by atoms with van der Waals surface area (Å²) in [6.45, 7) is 2.20. The van der Waals surface area contributed by atoms with Crippen LogP contribution < -0.4 is 34.3 Å². The third-order valence-corrected chi connectivity index (χ3v) is 5.17. The van der Waals surface area contributed by atoms with Crippen LogP contribution in [0.25, 0.3) is 0 Å². The van der Waals surface area contributed by atoms with Gasteiger partial charge in [0.25, 0.3) is 0 Å². The van der Waals surface area contributed by atoms with E-state index in [1.165, 1.54) is 44.2 Å². The van der Waals surface area contributed by atoms with Crippen molar-refractivity contribution >= 4 is 10.1 Å².